The van der Waals surface area contributed by atoms with Crippen molar-refractivity contribution in [3.63, 3.8) is 0 Å². The molecule has 2 aliphatic rings. The molecule has 2 aromatic carbocycles. The number of nitrogens with zero attached hydrogens (tertiary/aromatic N) is 2. The van der Waals surface area contributed by atoms with Gasteiger partial charge in [-0.25, -0.2) is 0 Å². The number of hydrogen-bond donors (Lipinski definition) is 1. The van der Waals surface area contributed by atoms with Crippen LogP contribution in [-0.2, 0) is 4.79 Å². The fourth-order valence-corrected chi connectivity index (χ4v) is 4.34. The van der Waals surface area contributed by atoms with Crippen LogP contribution in [0.4, 0.5) is 0 Å². The van der Waals surface area contributed by atoms with Gasteiger partial charge in [-0.05, 0) is 38.1 Å². The van der Waals surface area contributed by atoms with Crippen molar-refractivity contribution in [2.24, 2.45) is 0 Å². The Morgan fingerprint density at radius 2 is 1.77 bits per heavy atom. The molecule has 4 rings (SSSR count). The summed E-state index contributed by atoms with van der Waals surface area (Å²) in [6.45, 7) is 6.42. The summed E-state index contributed by atoms with van der Waals surface area (Å²) in [6.07, 6.45) is 2.31. The van der Waals surface area contributed by atoms with Crippen LogP contribution in [0.25, 0.3) is 5.70 Å². The minimum absolute atomic E-state index is 0.0299. The second-order valence-corrected chi connectivity index (χ2v) is 7.69. The molecule has 0 saturated carbocycles. The van der Waals surface area contributed by atoms with Gasteiger partial charge in [0.05, 0.1) is 13.2 Å². The zero-order chi connectivity index (χ0) is 21.1. The van der Waals surface area contributed by atoms with Crippen LogP contribution in [0.15, 0.2) is 55.1 Å². The second-order valence-electron chi connectivity index (χ2n) is 7.69. The maximum Gasteiger partial charge on any atom is 0.259 e. The van der Waals surface area contributed by atoms with Gasteiger partial charge < -0.3 is 10.1 Å². The van der Waals surface area contributed by atoms with Crippen molar-refractivity contribution in [3.05, 3.63) is 71.8 Å². The average molecular weight is 405 g/mol. The summed E-state index contributed by atoms with van der Waals surface area (Å²) >= 11 is 0. The van der Waals surface area contributed by atoms with Crippen LogP contribution in [0, 0.1) is 0 Å². The number of para-hydroxylation sites is 1. The van der Waals surface area contributed by atoms with E-state index in [1.165, 1.54) is 4.90 Å². The molecular formula is C24H27N3O3. The summed E-state index contributed by atoms with van der Waals surface area (Å²) < 4.78 is 5.56. The normalized spacial score (nSPS) is 17.2. The van der Waals surface area contributed by atoms with E-state index in [1.807, 2.05) is 36.4 Å². The number of carbonyl (C=O) groups is 2. The maximum absolute atomic E-state index is 12.8. The third-order valence-corrected chi connectivity index (χ3v) is 5.91. The minimum atomic E-state index is -0.198. The molecule has 6 nitrogen and oxygen atoms in total. The van der Waals surface area contributed by atoms with Crippen LogP contribution in [0.5, 0.6) is 5.75 Å². The number of nitrogens with one attached hydrogen (secondary N) is 1. The Labute approximate surface area is 177 Å². The molecule has 1 saturated heterocycles. The van der Waals surface area contributed by atoms with E-state index in [0.717, 1.165) is 42.8 Å². The van der Waals surface area contributed by atoms with E-state index in [-0.39, 0.29) is 24.4 Å². The quantitative estimate of drug-likeness (QED) is 0.769. The second kappa shape index (κ2) is 8.71. The molecule has 0 aliphatic carbocycles. The molecule has 2 heterocycles. The van der Waals surface area contributed by atoms with Crippen LogP contribution in [0.2, 0.25) is 0 Å². The van der Waals surface area contributed by atoms with Gasteiger partial charge >= 0.3 is 0 Å². The predicted octanol–water partition coefficient (Wildman–Crippen LogP) is 3.08. The standard InChI is InChI=1S/C24H27N3O3/c1-17-18-9-3-4-10-19(18)24(29)27(17)16-23(28)25-15-21(26-13-7-8-14-26)20-11-5-6-12-22(20)30-2/h3-6,9-12,21H,1,7-8,13-16H2,2H3,(H,25,28). The molecule has 2 aliphatic heterocycles. The highest BCUT2D eigenvalue weighted by Crippen LogP contribution is 2.32. The Balaban J connectivity index is 1.45. The van der Waals surface area contributed by atoms with Gasteiger partial charge in [-0.3, -0.25) is 19.4 Å². The van der Waals surface area contributed by atoms with Gasteiger partial charge in [-0.2, -0.15) is 0 Å². The first kappa shape index (κ1) is 20.2. The van der Waals surface area contributed by atoms with Crippen molar-refractivity contribution < 1.29 is 14.3 Å². The molecule has 30 heavy (non-hydrogen) atoms. The van der Waals surface area contributed by atoms with E-state index < -0.39 is 0 Å². The molecule has 1 N–H and O–H groups in total. The van der Waals surface area contributed by atoms with Crippen LogP contribution < -0.4 is 10.1 Å². The molecule has 1 atom stereocenters. The smallest absolute Gasteiger partial charge is 0.259 e. The summed E-state index contributed by atoms with van der Waals surface area (Å²) in [4.78, 5) is 29.2. The number of benzene rings is 2. The molecule has 2 amide bonds. The van der Waals surface area contributed by atoms with E-state index in [9.17, 15) is 9.59 Å². The van der Waals surface area contributed by atoms with Crippen molar-refractivity contribution in [1.82, 2.24) is 15.1 Å². The molecule has 2 aromatic rings. The zero-order valence-corrected chi connectivity index (χ0v) is 17.3. The van der Waals surface area contributed by atoms with Crippen LogP contribution in [0.3, 0.4) is 0 Å². The van der Waals surface area contributed by atoms with Crippen molar-refractivity contribution in [1.29, 1.82) is 0 Å². The van der Waals surface area contributed by atoms with Crippen molar-refractivity contribution in [2.45, 2.75) is 18.9 Å². The third kappa shape index (κ3) is 3.83. The molecular weight excluding hydrogens is 378 g/mol. The Hall–Kier alpha value is -3.12. The van der Waals surface area contributed by atoms with E-state index >= 15 is 0 Å². The van der Waals surface area contributed by atoms with E-state index in [4.69, 9.17) is 4.74 Å². The topological polar surface area (TPSA) is 61.9 Å². The molecule has 1 fully saturated rings. The molecule has 1 unspecified atom stereocenters. The summed E-state index contributed by atoms with van der Waals surface area (Å²) in [5.74, 6) is 0.449. The monoisotopic (exact) mass is 405 g/mol. The van der Waals surface area contributed by atoms with Gasteiger partial charge in [-0.15, -0.1) is 0 Å². The first-order chi connectivity index (χ1) is 14.6. The van der Waals surface area contributed by atoms with Gasteiger partial charge in [0.2, 0.25) is 5.91 Å². The van der Waals surface area contributed by atoms with Gasteiger partial charge in [0, 0.05) is 28.9 Å². The number of likely N-dealkylation sites (tertiary alicyclic amines) is 1. The number of carbonyl (C=O) groups excluding carboxylic acids is 2. The SMILES string of the molecule is C=C1c2ccccc2C(=O)N1CC(=O)NCC(c1ccccc1OC)N1CCCC1. The van der Waals surface area contributed by atoms with Crippen molar-refractivity contribution in [3.8, 4) is 5.75 Å². The Morgan fingerprint density at radius 3 is 2.47 bits per heavy atom. The number of amides is 2. The largest absolute Gasteiger partial charge is 0.496 e. The summed E-state index contributed by atoms with van der Waals surface area (Å²) in [7, 11) is 1.67. The lowest BCUT2D eigenvalue weighted by Gasteiger charge is -2.29. The average Bonchev–Trinajstić information content (AvgIpc) is 3.38. The van der Waals surface area contributed by atoms with E-state index in [1.54, 1.807) is 13.2 Å². The van der Waals surface area contributed by atoms with Gasteiger partial charge in [0.25, 0.3) is 5.91 Å². The highest BCUT2D eigenvalue weighted by molar-refractivity contribution is 6.10. The molecule has 6 heteroatoms. The molecule has 0 spiro atoms. The number of fused-ring (bicyclic) bond motifs is 1. The number of rotatable bonds is 7. The van der Waals surface area contributed by atoms with E-state index in [0.29, 0.717) is 17.8 Å². The summed E-state index contributed by atoms with van der Waals surface area (Å²) in [5, 5.41) is 3.03. The van der Waals surface area contributed by atoms with Crippen LogP contribution in [0.1, 0.15) is 40.4 Å². The predicted molar refractivity (Wildman–Crippen MR) is 116 cm³/mol. The summed E-state index contributed by atoms with van der Waals surface area (Å²) in [6, 6.07) is 15.3. The molecule has 156 valence electrons. The van der Waals surface area contributed by atoms with E-state index in [2.05, 4.69) is 22.9 Å². The third-order valence-electron chi connectivity index (χ3n) is 5.91. The number of hydrogen-bond acceptors (Lipinski definition) is 4. The van der Waals surface area contributed by atoms with Crippen LogP contribution >= 0.6 is 0 Å². The van der Waals surface area contributed by atoms with Gasteiger partial charge in [-0.1, -0.05) is 43.0 Å². The fourth-order valence-electron chi connectivity index (χ4n) is 4.34. The molecule has 0 bridgehead atoms. The van der Waals surface area contributed by atoms with Gasteiger partial charge in [0.15, 0.2) is 0 Å². The first-order valence-corrected chi connectivity index (χ1v) is 10.3. The highest BCUT2D eigenvalue weighted by Gasteiger charge is 2.32. The number of methoxy groups -OCH3 is 1. The van der Waals surface area contributed by atoms with Gasteiger partial charge in [0.1, 0.15) is 12.3 Å². The Bertz CT molecular complexity index is 931. The lowest BCUT2D eigenvalue weighted by Crippen LogP contribution is -2.41. The van der Waals surface area contributed by atoms with Crippen LogP contribution in [-0.4, -0.2) is 54.9 Å². The fraction of sp³-hybridized carbons (Fsp3) is 0.333. The zero-order valence-electron chi connectivity index (χ0n) is 17.3. The molecule has 0 radical (unpaired) electrons. The lowest BCUT2D eigenvalue weighted by molar-refractivity contribution is -0.121. The first-order valence-electron chi connectivity index (χ1n) is 10.3. The minimum Gasteiger partial charge on any atom is -0.496 e. The Morgan fingerprint density at radius 1 is 1.10 bits per heavy atom. The summed E-state index contributed by atoms with van der Waals surface area (Å²) in [5.41, 5.74) is 3.03. The molecule has 0 aromatic heterocycles. The van der Waals surface area contributed by atoms with Crippen molar-refractivity contribution in [2.75, 3.05) is 33.3 Å². The van der Waals surface area contributed by atoms with Crippen molar-refractivity contribution >= 4 is 17.5 Å². The Kier molecular flexibility index (Phi) is 5.86. The maximum atomic E-state index is 12.8. The number of ether oxygens (including phenoxy) is 1. The highest BCUT2D eigenvalue weighted by atomic mass is 16.5. The lowest BCUT2D eigenvalue weighted by atomic mass is 10.0.